The van der Waals surface area contributed by atoms with E-state index in [0.717, 1.165) is 22.8 Å². The molecular formula is C12H14N2. The fraction of sp³-hybridized carbons (Fsp3) is 0.333. The first-order valence-corrected chi connectivity index (χ1v) is 4.88. The molecule has 1 aliphatic heterocycles. The molecule has 72 valence electrons. The number of fused-ring (bicyclic) bond motifs is 1. The topological polar surface area (TPSA) is 24.7 Å². The van der Waals surface area contributed by atoms with Crippen LogP contribution in [0.3, 0.4) is 0 Å². The van der Waals surface area contributed by atoms with E-state index >= 15 is 0 Å². The van der Waals surface area contributed by atoms with Gasteiger partial charge in [0.15, 0.2) is 0 Å². The molecule has 1 aliphatic rings. The lowest BCUT2D eigenvalue weighted by Gasteiger charge is -2.06. The van der Waals surface area contributed by atoms with Gasteiger partial charge in [-0.05, 0) is 26.0 Å². The van der Waals surface area contributed by atoms with Gasteiger partial charge in [-0.15, -0.1) is 0 Å². The fourth-order valence-corrected chi connectivity index (χ4v) is 1.53. The number of nitrogens with zero attached hydrogens (tertiary/aromatic N) is 2. The summed E-state index contributed by atoms with van der Waals surface area (Å²) in [7, 11) is 0. The van der Waals surface area contributed by atoms with Crippen molar-refractivity contribution in [3.63, 3.8) is 0 Å². The van der Waals surface area contributed by atoms with Crippen LogP contribution in [0.2, 0.25) is 0 Å². The van der Waals surface area contributed by atoms with Gasteiger partial charge in [0.1, 0.15) is 0 Å². The van der Waals surface area contributed by atoms with Crippen LogP contribution in [0.5, 0.6) is 0 Å². The Bertz CT molecular complexity index is 377. The summed E-state index contributed by atoms with van der Waals surface area (Å²) in [4.78, 5) is 9.15. The molecular weight excluding hydrogens is 172 g/mol. The third kappa shape index (κ3) is 1.48. The lowest BCUT2D eigenvalue weighted by molar-refractivity contribution is 1.04. The molecule has 1 aromatic carbocycles. The van der Waals surface area contributed by atoms with E-state index in [-0.39, 0.29) is 0 Å². The molecule has 2 rings (SSSR count). The van der Waals surface area contributed by atoms with E-state index in [1.165, 1.54) is 0 Å². The zero-order valence-corrected chi connectivity index (χ0v) is 8.78. The third-order valence-corrected chi connectivity index (χ3v) is 2.73. The SMILES string of the molecule is CC1=Nc2ccccc2N=C(C)C1C. The van der Waals surface area contributed by atoms with Crippen molar-refractivity contribution in [2.45, 2.75) is 20.8 Å². The van der Waals surface area contributed by atoms with Crippen LogP contribution in [-0.4, -0.2) is 11.4 Å². The van der Waals surface area contributed by atoms with E-state index in [1.54, 1.807) is 0 Å². The van der Waals surface area contributed by atoms with Gasteiger partial charge in [0.05, 0.1) is 11.4 Å². The summed E-state index contributed by atoms with van der Waals surface area (Å²) in [5.41, 5.74) is 4.23. The van der Waals surface area contributed by atoms with Gasteiger partial charge >= 0.3 is 0 Å². The van der Waals surface area contributed by atoms with Gasteiger partial charge in [-0.25, -0.2) is 0 Å². The molecule has 2 heteroatoms. The molecule has 0 N–H and O–H groups in total. The van der Waals surface area contributed by atoms with E-state index in [0.29, 0.717) is 5.92 Å². The predicted octanol–water partition coefficient (Wildman–Crippen LogP) is 3.52. The summed E-state index contributed by atoms with van der Waals surface area (Å²) >= 11 is 0. The predicted molar refractivity (Wildman–Crippen MR) is 61.1 cm³/mol. The average molecular weight is 186 g/mol. The van der Waals surface area contributed by atoms with Gasteiger partial charge < -0.3 is 0 Å². The largest absolute Gasteiger partial charge is 0.255 e. The first-order chi connectivity index (χ1) is 6.68. The fourth-order valence-electron chi connectivity index (χ4n) is 1.53. The minimum Gasteiger partial charge on any atom is -0.255 e. The van der Waals surface area contributed by atoms with Crippen molar-refractivity contribution < 1.29 is 0 Å². The Morgan fingerprint density at radius 1 is 0.929 bits per heavy atom. The molecule has 2 nitrogen and oxygen atoms in total. The third-order valence-electron chi connectivity index (χ3n) is 2.73. The second kappa shape index (κ2) is 3.37. The van der Waals surface area contributed by atoms with E-state index in [9.17, 15) is 0 Å². The van der Waals surface area contributed by atoms with Crippen LogP contribution in [0.15, 0.2) is 34.3 Å². The van der Waals surface area contributed by atoms with Crippen LogP contribution in [0.25, 0.3) is 0 Å². The Labute approximate surface area is 84.4 Å². The van der Waals surface area contributed by atoms with E-state index < -0.39 is 0 Å². The maximum Gasteiger partial charge on any atom is 0.0885 e. The second-order valence-corrected chi connectivity index (χ2v) is 3.72. The molecule has 0 atom stereocenters. The lowest BCUT2D eigenvalue weighted by atomic mass is 10.0. The van der Waals surface area contributed by atoms with Crippen molar-refractivity contribution in [1.82, 2.24) is 0 Å². The van der Waals surface area contributed by atoms with Crippen LogP contribution in [0.1, 0.15) is 20.8 Å². The van der Waals surface area contributed by atoms with Crippen LogP contribution in [0.4, 0.5) is 11.4 Å². The van der Waals surface area contributed by atoms with E-state index in [1.807, 2.05) is 24.3 Å². The molecule has 0 radical (unpaired) electrons. The highest BCUT2D eigenvalue weighted by atomic mass is 14.9. The highest BCUT2D eigenvalue weighted by Crippen LogP contribution is 2.31. The first-order valence-electron chi connectivity index (χ1n) is 4.88. The van der Waals surface area contributed by atoms with E-state index in [4.69, 9.17) is 0 Å². The number of rotatable bonds is 0. The van der Waals surface area contributed by atoms with Crippen LogP contribution in [-0.2, 0) is 0 Å². The summed E-state index contributed by atoms with van der Waals surface area (Å²) in [5, 5.41) is 0. The molecule has 0 amide bonds. The number of hydrogen-bond acceptors (Lipinski definition) is 2. The van der Waals surface area contributed by atoms with Gasteiger partial charge in [-0.1, -0.05) is 19.1 Å². The van der Waals surface area contributed by atoms with Crippen molar-refractivity contribution in [1.29, 1.82) is 0 Å². The molecule has 0 spiro atoms. The van der Waals surface area contributed by atoms with Gasteiger partial charge in [-0.3, -0.25) is 9.98 Å². The monoisotopic (exact) mass is 186 g/mol. The Balaban J connectivity index is 2.62. The number of aliphatic imine (C=N–C) groups is 2. The van der Waals surface area contributed by atoms with Gasteiger partial charge in [-0.2, -0.15) is 0 Å². The van der Waals surface area contributed by atoms with Gasteiger partial charge in [0.25, 0.3) is 0 Å². The van der Waals surface area contributed by atoms with E-state index in [2.05, 4.69) is 30.8 Å². The normalized spacial score (nSPS) is 16.8. The Morgan fingerprint density at radius 3 is 1.79 bits per heavy atom. The lowest BCUT2D eigenvalue weighted by Crippen LogP contribution is -2.14. The average Bonchev–Trinajstić information content (AvgIpc) is 2.28. The summed E-state index contributed by atoms with van der Waals surface area (Å²) < 4.78 is 0. The maximum atomic E-state index is 4.57. The Hall–Kier alpha value is -1.44. The van der Waals surface area contributed by atoms with Gasteiger partial charge in [0.2, 0.25) is 0 Å². The highest BCUT2D eigenvalue weighted by Gasteiger charge is 2.14. The minimum absolute atomic E-state index is 0.349. The second-order valence-electron chi connectivity index (χ2n) is 3.72. The van der Waals surface area contributed by atoms with Crippen molar-refractivity contribution in [3.05, 3.63) is 24.3 Å². The molecule has 0 bridgehead atoms. The van der Waals surface area contributed by atoms with Gasteiger partial charge in [0, 0.05) is 17.3 Å². The maximum absolute atomic E-state index is 4.57. The highest BCUT2D eigenvalue weighted by molar-refractivity contribution is 6.08. The minimum atomic E-state index is 0.349. The summed E-state index contributed by atoms with van der Waals surface area (Å²) in [6.07, 6.45) is 0. The molecule has 0 aromatic heterocycles. The number of benzene rings is 1. The molecule has 0 saturated heterocycles. The van der Waals surface area contributed by atoms with Crippen LogP contribution < -0.4 is 0 Å². The smallest absolute Gasteiger partial charge is 0.0885 e. The molecule has 0 unspecified atom stereocenters. The van der Waals surface area contributed by atoms with Crippen molar-refractivity contribution in [2.75, 3.05) is 0 Å². The molecule has 1 heterocycles. The summed E-state index contributed by atoms with van der Waals surface area (Å²) in [6.45, 7) is 6.26. The molecule has 0 fully saturated rings. The first kappa shape index (κ1) is 9.13. The number of hydrogen-bond donors (Lipinski definition) is 0. The number of para-hydroxylation sites is 2. The van der Waals surface area contributed by atoms with Crippen molar-refractivity contribution >= 4 is 22.8 Å². The molecule has 0 aliphatic carbocycles. The Kier molecular flexibility index (Phi) is 2.20. The Morgan fingerprint density at radius 2 is 1.36 bits per heavy atom. The van der Waals surface area contributed by atoms with Crippen LogP contribution >= 0.6 is 0 Å². The zero-order chi connectivity index (χ0) is 10.1. The summed E-state index contributed by atoms with van der Waals surface area (Å²) in [6, 6.07) is 8.01. The standard InChI is InChI=1S/C12H14N2/c1-8-9(2)13-11-6-4-5-7-12(11)14-10(8)3/h4-8H,1-3H3. The van der Waals surface area contributed by atoms with Crippen LogP contribution in [0, 0.1) is 5.92 Å². The zero-order valence-electron chi connectivity index (χ0n) is 8.78. The quantitative estimate of drug-likeness (QED) is 0.592. The molecule has 14 heavy (non-hydrogen) atoms. The van der Waals surface area contributed by atoms with Crippen molar-refractivity contribution in [3.8, 4) is 0 Å². The van der Waals surface area contributed by atoms with Crippen molar-refractivity contribution in [2.24, 2.45) is 15.9 Å². The summed E-state index contributed by atoms with van der Waals surface area (Å²) in [5.74, 6) is 0.349. The molecule has 0 saturated carbocycles. The molecule has 1 aromatic rings.